The highest BCUT2D eigenvalue weighted by atomic mass is 79.9. The number of carboxylic acid groups (broad SMARTS) is 1. The zero-order valence-electron chi connectivity index (χ0n) is 11.1. The maximum Gasteiger partial charge on any atom is 0.418 e. The van der Waals surface area contributed by atoms with Crippen LogP contribution in [0.1, 0.15) is 31.2 Å². The number of hydrogen-bond donors (Lipinski definition) is 2. The van der Waals surface area contributed by atoms with Gasteiger partial charge in [-0.1, -0.05) is 28.8 Å². The molecule has 2 rings (SSSR count). The number of alkyl halides is 3. The number of hydrogen-bond acceptors (Lipinski definition) is 2. The van der Waals surface area contributed by atoms with Crippen molar-refractivity contribution in [3.8, 4) is 0 Å². The minimum absolute atomic E-state index is 0.00185. The molecule has 1 aromatic rings. The molecular formula is C14H15BrF3NO2. The second kappa shape index (κ2) is 5.87. The molecule has 116 valence electrons. The monoisotopic (exact) mass is 365 g/mol. The largest absolute Gasteiger partial charge is 0.481 e. The molecule has 0 aromatic heterocycles. The average Bonchev–Trinajstić information content (AvgIpc) is 2.85. The van der Waals surface area contributed by atoms with Crippen LogP contribution < -0.4 is 5.32 Å². The molecule has 0 aliphatic heterocycles. The van der Waals surface area contributed by atoms with Crippen molar-refractivity contribution in [2.45, 2.75) is 31.9 Å². The van der Waals surface area contributed by atoms with Crippen molar-refractivity contribution in [2.75, 3.05) is 11.9 Å². The lowest BCUT2D eigenvalue weighted by molar-refractivity contribution is -0.147. The molecule has 1 aliphatic carbocycles. The SMILES string of the molecule is O=C(O)C1(CNc2cc(Br)ccc2C(F)(F)F)CCCC1. The normalized spacial score (nSPS) is 17.7. The van der Waals surface area contributed by atoms with Crippen molar-refractivity contribution in [3.63, 3.8) is 0 Å². The van der Waals surface area contributed by atoms with E-state index in [1.165, 1.54) is 12.1 Å². The number of carbonyl (C=O) groups is 1. The predicted molar refractivity (Wildman–Crippen MR) is 76.2 cm³/mol. The summed E-state index contributed by atoms with van der Waals surface area (Å²) in [4.78, 5) is 11.4. The van der Waals surface area contributed by atoms with E-state index in [1.807, 2.05) is 0 Å². The van der Waals surface area contributed by atoms with E-state index in [-0.39, 0.29) is 12.2 Å². The molecule has 0 spiro atoms. The Morgan fingerprint density at radius 3 is 2.48 bits per heavy atom. The highest BCUT2D eigenvalue weighted by Gasteiger charge is 2.42. The molecular weight excluding hydrogens is 351 g/mol. The summed E-state index contributed by atoms with van der Waals surface area (Å²) >= 11 is 3.14. The van der Waals surface area contributed by atoms with E-state index in [2.05, 4.69) is 21.2 Å². The van der Waals surface area contributed by atoms with Crippen LogP contribution in [0.25, 0.3) is 0 Å². The van der Waals surface area contributed by atoms with Crippen molar-refractivity contribution >= 4 is 27.6 Å². The van der Waals surface area contributed by atoms with Gasteiger partial charge >= 0.3 is 12.1 Å². The van der Waals surface area contributed by atoms with Gasteiger partial charge in [-0.2, -0.15) is 13.2 Å². The van der Waals surface area contributed by atoms with Crippen LogP contribution in [0.2, 0.25) is 0 Å². The van der Waals surface area contributed by atoms with Gasteiger partial charge in [0.2, 0.25) is 0 Å². The molecule has 0 amide bonds. The summed E-state index contributed by atoms with van der Waals surface area (Å²) in [7, 11) is 0. The van der Waals surface area contributed by atoms with Gasteiger partial charge in [0.15, 0.2) is 0 Å². The Labute approximate surface area is 128 Å². The van der Waals surface area contributed by atoms with Crippen LogP contribution in [0.5, 0.6) is 0 Å². The molecule has 0 saturated heterocycles. The third kappa shape index (κ3) is 3.51. The molecule has 0 atom stereocenters. The number of nitrogens with one attached hydrogen (secondary N) is 1. The summed E-state index contributed by atoms with van der Waals surface area (Å²) in [5.41, 5.74) is -1.85. The van der Waals surface area contributed by atoms with Crippen LogP contribution in [0.15, 0.2) is 22.7 Å². The van der Waals surface area contributed by atoms with Crippen molar-refractivity contribution in [2.24, 2.45) is 5.41 Å². The molecule has 1 saturated carbocycles. The van der Waals surface area contributed by atoms with Crippen molar-refractivity contribution in [1.29, 1.82) is 0 Å². The fraction of sp³-hybridized carbons (Fsp3) is 0.500. The Balaban J connectivity index is 2.23. The lowest BCUT2D eigenvalue weighted by Gasteiger charge is -2.25. The molecule has 0 bridgehead atoms. The van der Waals surface area contributed by atoms with E-state index in [0.29, 0.717) is 17.3 Å². The minimum Gasteiger partial charge on any atom is -0.481 e. The first-order valence-corrected chi connectivity index (χ1v) is 7.38. The Hall–Kier alpha value is -1.24. The van der Waals surface area contributed by atoms with Gasteiger partial charge in [0.25, 0.3) is 0 Å². The maximum atomic E-state index is 13.0. The van der Waals surface area contributed by atoms with Crippen LogP contribution in [-0.4, -0.2) is 17.6 Å². The van der Waals surface area contributed by atoms with Gasteiger partial charge in [-0.05, 0) is 31.0 Å². The molecule has 0 heterocycles. The van der Waals surface area contributed by atoms with Crippen LogP contribution in [0.3, 0.4) is 0 Å². The number of anilines is 1. The van der Waals surface area contributed by atoms with Gasteiger partial charge in [-0.25, -0.2) is 0 Å². The number of halogens is 4. The zero-order valence-corrected chi connectivity index (χ0v) is 12.7. The maximum absolute atomic E-state index is 13.0. The first-order chi connectivity index (χ1) is 9.74. The Kier molecular flexibility index (Phi) is 4.51. The molecule has 1 aromatic carbocycles. The van der Waals surface area contributed by atoms with Crippen LogP contribution in [0, 0.1) is 5.41 Å². The summed E-state index contributed by atoms with van der Waals surface area (Å²) in [6.45, 7) is 0.00185. The smallest absolute Gasteiger partial charge is 0.418 e. The van der Waals surface area contributed by atoms with Crippen LogP contribution in [0.4, 0.5) is 18.9 Å². The van der Waals surface area contributed by atoms with Gasteiger partial charge in [-0.15, -0.1) is 0 Å². The first kappa shape index (κ1) is 16.1. The van der Waals surface area contributed by atoms with Crippen LogP contribution >= 0.6 is 15.9 Å². The predicted octanol–water partition coefficient (Wildman–Crippen LogP) is 4.52. The molecule has 1 aliphatic rings. The lowest BCUT2D eigenvalue weighted by atomic mass is 9.86. The number of rotatable bonds is 4. The Morgan fingerprint density at radius 1 is 1.33 bits per heavy atom. The molecule has 2 N–H and O–H groups in total. The van der Waals surface area contributed by atoms with Gasteiger partial charge in [0, 0.05) is 16.7 Å². The van der Waals surface area contributed by atoms with Gasteiger partial charge in [0.05, 0.1) is 11.0 Å². The summed E-state index contributed by atoms with van der Waals surface area (Å²) in [6.07, 6.45) is -1.92. The second-order valence-electron chi connectivity index (χ2n) is 5.33. The van der Waals surface area contributed by atoms with E-state index >= 15 is 0 Å². The average molecular weight is 366 g/mol. The lowest BCUT2D eigenvalue weighted by Crippen LogP contribution is -2.35. The van der Waals surface area contributed by atoms with Crippen molar-refractivity contribution < 1.29 is 23.1 Å². The van der Waals surface area contributed by atoms with Crippen molar-refractivity contribution in [3.05, 3.63) is 28.2 Å². The molecule has 3 nitrogen and oxygen atoms in total. The highest BCUT2D eigenvalue weighted by Crippen LogP contribution is 2.40. The zero-order chi connectivity index (χ0) is 15.7. The van der Waals surface area contributed by atoms with E-state index in [4.69, 9.17) is 0 Å². The molecule has 1 fully saturated rings. The standard InChI is InChI=1S/C14H15BrF3NO2/c15-9-3-4-10(14(16,17)18)11(7-9)19-8-13(12(20)21)5-1-2-6-13/h3-4,7,19H,1-2,5-6,8H2,(H,20,21). The summed E-state index contributed by atoms with van der Waals surface area (Å²) in [5.74, 6) is -0.948. The fourth-order valence-corrected chi connectivity index (χ4v) is 3.05. The Bertz CT molecular complexity index is 540. The van der Waals surface area contributed by atoms with Gasteiger partial charge in [-0.3, -0.25) is 4.79 Å². The van der Waals surface area contributed by atoms with Crippen LogP contribution in [-0.2, 0) is 11.0 Å². The molecule has 0 radical (unpaired) electrons. The molecule has 7 heteroatoms. The second-order valence-corrected chi connectivity index (χ2v) is 6.25. The summed E-state index contributed by atoms with van der Waals surface area (Å²) < 4.78 is 39.4. The third-order valence-corrected chi connectivity index (χ3v) is 4.41. The van der Waals surface area contributed by atoms with E-state index in [9.17, 15) is 23.1 Å². The Morgan fingerprint density at radius 2 is 1.95 bits per heavy atom. The first-order valence-electron chi connectivity index (χ1n) is 6.59. The summed E-state index contributed by atoms with van der Waals surface area (Å²) in [5, 5.41) is 12.0. The fourth-order valence-electron chi connectivity index (χ4n) is 2.69. The number of aliphatic carboxylic acids is 1. The number of carboxylic acids is 1. The molecule has 0 unspecified atom stereocenters. The van der Waals surface area contributed by atoms with Crippen molar-refractivity contribution in [1.82, 2.24) is 0 Å². The summed E-state index contributed by atoms with van der Waals surface area (Å²) in [6, 6.07) is 3.62. The van der Waals surface area contributed by atoms with E-state index in [0.717, 1.165) is 18.9 Å². The third-order valence-electron chi connectivity index (χ3n) is 3.92. The number of benzene rings is 1. The van der Waals surface area contributed by atoms with E-state index in [1.54, 1.807) is 0 Å². The topological polar surface area (TPSA) is 49.3 Å². The van der Waals surface area contributed by atoms with E-state index < -0.39 is 23.1 Å². The molecule has 21 heavy (non-hydrogen) atoms. The highest BCUT2D eigenvalue weighted by molar-refractivity contribution is 9.10. The quantitative estimate of drug-likeness (QED) is 0.824. The minimum atomic E-state index is -4.48. The van der Waals surface area contributed by atoms with Gasteiger partial charge < -0.3 is 10.4 Å². The van der Waals surface area contributed by atoms with Gasteiger partial charge in [0.1, 0.15) is 0 Å².